The maximum Gasteiger partial charge on any atom is 0.274 e. The van der Waals surface area contributed by atoms with Gasteiger partial charge in [0, 0.05) is 11.1 Å². The number of nitrogens with one attached hydrogen (secondary N) is 2. The third-order valence-corrected chi connectivity index (χ3v) is 3.78. The number of carbonyl (C=O) groups is 1. The van der Waals surface area contributed by atoms with Crippen molar-refractivity contribution in [1.82, 2.24) is 9.97 Å². The lowest BCUT2D eigenvalue weighted by atomic mass is 10.3. The molecule has 0 unspecified atom stereocenters. The van der Waals surface area contributed by atoms with Crippen molar-refractivity contribution >= 4 is 46.3 Å². The molecule has 0 aliphatic heterocycles. The molecule has 0 atom stereocenters. The molecule has 126 valence electrons. The fraction of sp³-hybridized carbons (Fsp3) is 0. The smallest absolute Gasteiger partial charge is 0.274 e. The average Bonchev–Trinajstić information content (AvgIpc) is 2.60. The van der Waals surface area contributed by atoms with Gasteiger partial charge >= 0.3 is 0 Å². The van der Waals surface area contributed by atoms with Gasteiger partial charge in [0.25, 0.3) is 5.91 Å². The number of halogens is 3. The van der Waals surface area contributed by atoms with E-state index in [1.165, 1.54) is 30.6 Å². The molecule has 0 saturated heterocycles. The van der Waals surface area contributed by atoms with Gasteiger partial charge in [0.05, 0.1) is 16.4 Å². The zero-order valence-corrected chi connectivity index (χ0v) is 14.1. The summed E-state index contributed by atoms with van der Waals surface area (Å²) in [5.74, 6) is -0.750. The number of rotatable bonds is 4. The van der Waals surface area contributed by atoms with Crippen molar-refractivity contribution in [1.29, 1.82) is 0 Å². The first-order valence-corrected chi connectivity index (χ1v) is 7.88. The average molecular weight is 377 g/mol. The normalized spacial score (nSPS) is 10.4. The molecule has 25 heavy (non-hydrogen) atoms. The number of nitrogens with zero attached hydrogens (tertiary/aromatic N) is 2. The van der Waals surface area contributed by atoms with Crippen LogP contribution in [0.25, 0.3) is 0 Å². The van der Waals surface area contributed by atoms with Crippen LogP contribution in [0.15, 0.2) is 54.9 Å². The molecular weight excluding hydrogens is 366 g/mol. The van der Waals surface area contributed by atoms with Crippen molar-refractivity contribution in [3.63, 3.8) is 0 Å². The summed E-state index contributed by atoms with van der Waals surface area (Å²) in [6.45, 7) is 0. The molecule has 1 heterocycles. The van der Waals surface area contributed by atoms with Crippen molar-refractivity contribution in [2.24, 2.45) is 0 Å². The van der Waals surface area contributed by atoms with Crippen molar-refractivity contribution in [3.05, 3.63) is 76.4 Å². The Morgan fingerprint density at radius 3 is 2.60 bits per heavy atom. The Morgan fingerprint density at radius 2 is 1.80 bits per heavy atom. The number of benzene rings is 2. The van der Waals surface area contributed by atoms with E-state index in [0.29, 0.717) is 21.6 Å². The maximum atomic E-state index is 13.6. The highest BCUT2D eigenvalue weighted by atomic mass is 35.5. The van der Waals surface area contributed by atoms with Gasteiger partial charge in [0.2, 0.25) is 0 Å². The van der Waals surface area contributed by atoms with E-state index in [9.17, 15) is 9.18 Å². The zero-order chi connectivity index (χ0) is 17.8. The molecule has 1 aromatic heterocycles. The summed E-state index contributed by atoms with van der Waals surface area (Å²) >= 11 is 12.0. The topological polar surface area (TPSA) is 66.9 Å². The first-order valence-electron chi connectivity index (χ1n) is 7.13. The van der Waals surface area contributed by atoms with E-state index >= 15 is 0 Å². The van der Waals surface area contributed by atoms with E-state index in [-0.39, 0.29) is 11.4 Å². The number of carbonyl (C=O) groups excluding carboxylic acids is 1. The minimum absolute atomic E-state index is 0.0681. The molecule has 0 saturated carbocycles. The van der Waals surface area contributed by atoms with Gasteiger partial charge < -0.3 is 10.6 Å². The molecule has 2 N–H and O–H groups in total. The Labute approximate surface area is 152 Å². The summed E-state index contributed by atoms with van der Waals surface area (Å²) in [6, 6.07) is 12.2. The molecule has 0 aliphatic rings. The number of para-hydroxylation sites is 1. The third-order valence-electron chi connectivity index (χ3n) is 3.21. The second kappa shape index (κ2) is 7.46. The van der Waals surface area contributed by atoms with E-state index in [1.807, 2.05) is 0 Å². The number of anilines is 3. The Bertz CT molecular complexity index is 936. The molecule has 2 aromatic carbocycles. The summed E-state index contributed by atoms with van der Waals surface area (Å²) in [6.07, 6.45) is 1.22. The molecule has 3 aromatic rings. The van der Waals surface area contributed by atoms with E-state index in [0.717, 1.165) is 0 Å². The van der Waals surface area contributed by atoms with E-state index < -0.39 is 11.7 Å². The SMILES string of the molecule is O=C(Nc1ccccc1F)c1cc(Nc2cc(Cl)ccc2Cl)ncn1. The molecule has 0 aliphatic carbocycles. The molecule has 0 bridgehead atoms. The van der Waals surface area contributed by atoms with Crippen LogP contribution < -0.4 is 10.6 Å². The van der Waals surface area contributed by atoms with E-state index in [2.05, 4.69) is 20.6 Å². The summed E-state index contributed by atoms with van der Waals surface area (Å²) in [4.78, 5) is 20.2. The lowest BCUT2D eigenvalue weighted by Gasteiger charge is -2.09. The van der Waals surface area contributed by atoms with Gasteiger partial charge in [0.1, 0.15) is 23.7 Å². The van der Waals surface area contributed by atoms with Crippen molar-refractivity contribution < 1.29 is 9.18 Å². The highest BCUT2D eigenvalue weighted by Gasteiger charge is 2.12. The fourth-order valence-electron chi connectivity index (χ4n) is 2.03. The minimum Gasteiger partial charge on any atom is -0.339 e. The van der Waals surface area contributed by atoms with E-state index in [4.69, 9.17) is 23.2 Å². The number of hydrogen-bond acceptors (Lipinski definition) is 4. The third kappa shape index (κ3) is 4.23. The Morgan fingerprint density at radius 1 is 1.00 bits per heavy atom. The predicted octanol–water partition coefficient (Wildman–Crippen LogP) is 4.92. The molecule has 0 spiro atoms. The minimum atomic E-state index is -0.562. The maximum absolute atomic E-state index is 13.6. The van der Waals surface area contributed by atoms with Crippen LogP contribution >= 0.6 is 23.2 Å². The van der Waals surface area contributed by atoms with E-state index in [1.54, 1.807) is 24.3 Å². The van der Waals surface area contributed by atoms with Crippen LogP contribution in [0.4, 0.5) is 21.6 Å². The van der Waals surface area contributed by atoms with Crippen LogP contribution in [-0.4, -0.2) is 15.9 Å². The first kappa shape index (κ1) is 17.1. The highest BCUT2D eigenvalue weighted by Crippen LogP contribution is 2.27. The van der Waals surface area contributed by atoms with Crippen LogP contribution in [-0.2, 0) is 0 Å². The van der Waals surface area contributed by atoms with Crippen LogP contribution in [0.1, 0.15) is 10.5 Å². The van der Waals surface area contributed by atoms with Gasteiger partial charge in [-0.3, -0.25) is 4.79 Å². The van der Waals surface area contributed by atoms with Gasteiger partial charge in [-0.15, -0.1) is 0 Å². The predicted molar refractivity (Wildman–Crippen MR) is 96.1 cm³/mol. The fourth-order valence-corrected chi connectivity index (χ4v) is 2.37. The molecule has 0 radical (unpaired) electrons. The van der Waals surface area contributed by atoms with Gasteiger partial charge in [-0.05, 0) is 30.3 Å². The summed E-state index contributed by atoms with van der Waals surface area (Å²) in [5.41, 5.74) is 0.672. The van der Waals surface area contributed by atoms with Crippen LogP contribution in [0.5, 0.6) is 0 Å². The molecule has 3 rings (SSSR count). The summed E-state index contributed by atoms with van der Waals surface area (Å²) in [5, 5.41) is 6.36. The lowest BCUT2D eigenvalue weighted by Crippen LogP contribution is -2.15. The lowest BCUT2D eigenvalue weighted by molar-refractivity contribution is 0.102. The molecule has 8 heteroatoms. The largest absolute Gasteiger partial charge is 0.339 e. The first-order chi connectivity index (χ1) is 12.0. The van der Waals surface area contributed by atoms with Crippen LogP contribution in [0.3, 0.4) is 0 Å². The Kier molecular flexibility index (Phi) is 5.11. The standard InChI is InChI=1S/C17H11Cl2FN4O/c18-10-5-6-11(19)14(7-10)23-16-8-15(21-9-22-16)17(25)24-13-4-2-1-3-12(13)20/h1-9H,(H,24,25)(H,21,22,23). The monoisotopic (exact) mass is 376 g/mol. The highest BCUT2D eigenvalue weighted by molar-refractivity contribution is 6.35. The van der Waals surface area contributed by atoms with Crippen LogP contribution in [0.2, 0.25) is 10.0 Å². The quantitative estimate of drug-likeness (QED) is 0.678. The second-order valence-electron chi connectivity index (χ2n) is 4.97. The van der Waals surface area contributed by atoms with Crippen molar-refractivity contribution in [2.75, 3.05) is 10.6 Å². The number of aromatic nitrogens is 2. The Hall–Kier alpha value is -2.70. The molecule has 5 nitrogen and oxygen atoms in total. The number of hydrogen-bond donors (Lipinski definition) is 2. The van der Waals surface area contributed by atoms with Crippen molar-refractivity contribution in [3.8, 4) is 0 Å². The van der Waals surface area contributed by atoms with Crippen LogP contribution in [0, 0.1) is 5.82 Å². The Balaban J connectivity index is 1.80. The van der Waals surface area contributed by atoms with Gasteiger partial charge in [-0.25, -0.2) is 14.4 Å². The number of amides is 1. The molecule has 1 amide bonds. The van der Waals surface area contributed by atoms with Crippen molar-refractivity contribution in [2.45, 2.75) is 0 Å². The van der Waals surface area contributed by atoms with Gasteiger partial charge in [0.15, 0.2) is 0 Å². The molecule has 0 fully saturated rings. The van der Waals surface area contributed by atoms with Gasteiger partial charge in [-0.2, -0.15) is 0 Å². The summed E-state index contributed by atoms with van der Waals surface area (Å²) < 4.78 is 13.6. The van der Waals surface area contributed by atoms with Gasteiger partial charge in [-0.1, -0.05) is 35.3 Å². The zero-order valence-electron chi connectivity index (χ0n) is 12.6. The second-order valence-corrected chi connectivity index (χ2v) is 5.82. The molecular formula is C17H11Cl2FN4O. The summed E-state index contributed by atoms with van der Waals surface area (Å²) in [7, 11) is 0.